The van der Waals surface area contributed by atoms with E-state index in [9.17, 15) is 4.79 Å². The molecule has 0 radical (unpaired) electrons. The van der Waals surface area contributed by atoms with Crippen LogP contribution >= 0.6 is 34.8 Å². The smallest absolute Gasteiger partial charge is 0.319 e. The minimum Gasteiger partial charge on any atom is -0.362 e. The number of aryl methyl sites for hydroxylation is 1. The number of carbonyl (C=O) groups is 1. The Bertz CT molecular complexity index is 908. The first-order chi connectivity index (χ1) is 14.2. The molecule has 0 saturated heterocycles. The normalized spacial score (nSPS) is 18.7. The number of halogens is 3. The first-order valence-electron chi connectivity index (χ1n) is 9.68. The number of benzene rings is 1. The van der Waals surface area contributed by atoms with Gasteiger partial charge in [0.1, 0.15) is 5.82 Å². The molecule has 1 saturated carbocycles. The second kappa shape index (κ2) is 9.45. The van der Waals surface area contributed by atoms with E-state index in [1.54, 1.807) is 12.1 Å². The molecule has 1 fully saturated rings. The van der Waals surface area contributed by atoms with Gasteiger partial charge in [-0.25, -0.2) is 9.78 Å². The topological polar surface area (TPSA) is 87.4 Å². The summed E-state index contributed by atoms with van der Waals surface area (Å²) in [6.45, 7) is 1.98. The number of amides is 2. The van der Waals surface area contributed by atoms with Crippen molar-refractivity contribution in [3.8, 4) is 0 Å². The van der Waals surface area contributed by atoms with Crippen LogP contribution in [0.15, 0.2) is 18.3 Å². The Morgan fingerprint density at radius 2 is 1.73 bits per heavy atom. The molecule has 1 aromatic heterocycles. The maximum atomic E-state index is 12.3. The first-order valence-corrected chi connectivity index (χ1v) is 10.8. The molecule has 0 spiro atoms. The Hall–Kier alpha value is -1.96. The van der Waals surface area contributed by atoms with Crippen LogP contribution in [0.25, 0.3) is 0 Å². The molecule has 0 unspecified atom stereocenters. The zero-order valence-electron chi connectivity index (χ0n) is 17.1. The molecule has 3 N–H and O–H groups in total. The summed E-state index contributed by atoms with van der Waals surface area (Å²) in [7, 11) is 3.91. The zero-order valence-corrected chi connectivity index (χ0v) is 19.4. The van der Waals surface area contributed by atoms with E-state index in [0.717, 1.165) is 37.1 Å². The number of nitrogens with two attached hydrogens (primary N) is 1. The molecule has 10 heteroatoms. The number of hydrogen-bond donors (Lipinski definition) is 2. The molecule has 30 heavy (non-hydrogen) atoms. The fraction of sp³-hybridized carbons (Fsp3) is 0.450. The number of rotatable bonds is 5. The average Bonchev–Trinajstić information content (AvgIpc) is 2.66. The highest BCUT2D eigenvalue weighted by Gasteiger charge is 2.31. The van der Waals surface area contributed by atoms with Gasteiger partial charge in [-0.05, 0) is 44.7 Å². The Balaban J connectivity index is 1.71. The number of hydrogen-bond acceptors (Lipinski definition) is 5. The lowest BCUT2D eigenvalue weighted by molar-refractivity contribution is 0.248. The number of urea groups is 1. The number of nitrogens with one attached hydrogen (secondary N) is 1. The number of primary amides is 1. The molecule has 0 aliphatic heterocycles. The summed E-state index contributed by atoms with van der Waals surface area (Å²) in [5.74, 6) is 1.48. The van der Waals surface area contributed by atoms with Gasteiger partial charge in [-0.2, -0.15) is 4.98 Å². The van der Waals surface area contributed by atoms with E-state index in [-0.39, 0.29) is 12.1 Å². The fourth-order valence-corrected chi connectivity index (χ4v) is 4.85. The zero-order chi connectivity index (χ0) is 22.0. The lowest BCUT2D eigenvalue weighted by Gasteiger charge is -2.37. The quantitative estimate of drug-likeness (QED) is 0.632. The first kappa shape index (κ1) is 22.7. The van der Waals surface area contributed by atoms with Crippen LogP contribution < -0.4 is 20.9 Å². The molecule has 1 heterocycles. The molecule has 0 bridgehead atoms. The Morgan fingerprint density at radius 1 is 1.13 bits per heavy atom. The summed E-state index contributed by atoms with van der Waals surface area (Å²) in [5, 5.41) is 4.42. The number of anilines is 3. The summed E-state index contributed by atoms with van der Waals surface area (Å²) in [4.78, 5) is 24.7. The minimum atomic E-state index is -0.588. The largest absolute Gasteiger partial charge is 0.362 e. The van der Waals surface area contributed by atoms with Crippen molar-refractivity contribution in [2.45, 2.75) is 44.7 Å². The van der Waals surface area contributed by atoms with Crippen LogP contribution in [0.2, 0.25) is 15.1 Å². The van der Waals surface area contributed by atoms with Gasteiger partial charge >= 0.3 is 6.03 Å². The van der Waals surface area contributed by atoms with Gasteiger partial charge in [0, 0.05) is 43.0 Å². The predicted octanol–water partition coefficient (Wildman–Crippen LogP) is 5.12. The van der Waals surface area contributed by atoms with E-state index < -0.39 is 6.03 Å². The number of aromatic nitrogens is 2. The van der Waals surface area contributed by atoms with Crippen LogP contribution in [-0.4, -0.2) is 42.2 Å². The average molecular weight is 472 g/mol. The SMILES string of the molecule is Cc1cnc(NC2CCC(N(C(N)=O)c3c(Cl)cc(Cl)cc3Cl)CC2)nc1N(C)C. The summed E-state index contributed by atoms with van der Waals surface area (Å²) in [5.41, 5.74) is 7.11. The molecule has 2 aromatic rings. The van der Waals surface area contributed by atoms with Crippen LogP contribution in [-0.2, 0) is 0 Å². The van der Waals surface area contributed by atoms with Gasteiger partial charge < -0.3 is 16.0 Å². The third-order valence-electron chi connectivity index (χ3n) is 5.22. The maximum absolute atomic E-state index is 12.3. The third-order valence-corrected chi connectivity index (χ3v) is 6.02. The van der Waals surface area contributed by atoms with Crippen molar-refractivity contribution >= 4 is 58.3 Å². The molecule has 3 rings (SSSR count). The summed E-state index contributed by atoms with van der Waals surface area (Å²) in [6, 6.07) is 2.63. The summed E-state index contributed by atoms with van der Waals surface area (Å²) in [6.07, 6.45) is 4.94. The van der Waals surface area contributed by atoms with E-state index in [1.165, 1.54) is 4.90 Å². The molecule has 7 nitrogen and oxygen atoms in total. The fourth-order valence-electron chi connectivity index (χ4n) is 3.85. The van der Waals surface area contributed by atoms with Crippen LogP contribution in [0.1, 0.15) is 31.2 Å². The van der Waals surface area contributed by atoms with E-state index in [4.69, 9.17) is 40.5 Å². The van der Waals surface area contributed by atoms with Crippen molar-refractivity contribution in [2.24, 2.45) is 5.73 Å². The molecule has 1 aliphatic rings. The van der Waals surface area contributed by atoms with E-state index >= 15 is 0 Å². The Kier molecular flexibility index (Phi) is 7.16. The van der Waals surface area contributed by atoms with Gasteiger partial charge in [-0.1, -0.05) is 34.8 Å². The molecular formula is C20H25Cl3N6O. The van der Waals surface area contributed by atoms with Crippen molar-refractivity contribution in [3.63, 3.8) is 0 Å². The van der Waals surface area contributed by atoms with Crippen molar-refractivity contribution in [1.29, 1.82) is 0 Å². The van der Waals surface area contributed by atoms with E-state index in [2.05, 4.69) is 15.3 Å². The third kappa shape index (κ3) is 5.02. The van der Waals surface area contributed by atoms with Crippen LogP contribution in [0.3, 0.4) is 0 Å². The Labute approximate surface area is 191 Å². The minimum absolute atomic E-state index is 0.104. The van der Waals surface area contributed by atoms with Crippen LogP contribution in [0.5, 0.6) is 0 Å². The maximum Gasteiger partial charge on any atom is 0.319 e. The predicted molar refractivity (Wildman–Crippen MR) is 124 cm³/mol. The van der Waals surface area contributed by atoms with E-state index in [0.29, 0.717) is 26.7 Å². The van der Waals surface area contributed by atoms with Gasteiger partial charge in [-0.3, -0.25) is 4.90 Å². The van der Waals surface area contributed by atoms with Gasteiger partial charge in [0.15, 0.2) is 0 Å². The van der Waals surface area contributed by atoms with Gasteiger partial charge in [0.05, 0.1) is 15.7 Å². The number of nitrogens with zero attached hydrogens (tertiary/aromatic N) is 4. The van der Waals surface area contributed by atoms with Crippen molar-refractivity contribution in [1.82, 2.24) is 9.97 Å². The number of carbonyl (C=O) groups excluding carboxylic acids is 1. The van der Waals surface area contributed by atoms with E-state index in [1.807, 2.05) is 32.1 Å². The molecule has 2 amide bonds. The second-order valence-corrected chi connectivity index (χ2v) is 8.92. The van der Waals surface area contributed by atoms with Gasteiger partial charge in [-0.15, -0.1) is 0 Å². The van der Waals surface area contributed by atoms with Crippen LogP contribution in [0, 0.1) is 6.92 Å². The van der Waals surface area contributed by atoms with Crippen molar-refractivity contribution < 1.29 is 4.79 Å². The van der Waals surface area contributed by atoms with Gasteiger partial charge in [0.2, 0.25) is 5.95 Å². The monoisotopic (exact) mass is 470 g/mol. The lowest BCUT2D eigenvalue weighted by atomic mass is 9.90. The summed E-state index contributed by atoms with van der Waals surface area (Å²) >= 11 is 18.7. The molecule has 162 valence electrons. The van der Waals surface area contributed by atoms with Crippen molar-refractivity contribution in [3.05, 3.63) is 39.0 Å². The molecule has 0 atom stereocenters. The second-order valence-electron chi connectivity index (χ2n) is 7.67. The highest BCUT2D eigenvalue weighted by molar-refractivity contribution is 6.42. The Morgan fingerprint density at radius 3 is 2.27 bits per heavy atom. The lowest BCUT2D eigenvalue weighted by Crippen LogP contribution is -2.47. The van der Waals surface area contributed by atoms with Crippen LogP contribution in [0.4, 0.5) is 22.2 Å². The van der Waals surface area contributed by atoms with Gasteiger partial charge in [0.25, 0.3) is 0 Å². The highest BCUT2D eigenvalue weighted by atomic mass is 35.5. The molecule has 1 aliphatic carbocycles. The van der Waals surface area contributed by atoms with Crippen molar-refractivity contribution in [2.75, 3.05) is 29.2 Å². The summed E-state index contributed by atoms with van der Waals surface area (Å²) < 4.78 is 0. The molecule has 1 aromatic carbocycles. The highest BCUT2D eigenvalue weighted by Crippen LogP contribution is 2.39. The molecular weight excluding hydrogens is 447 g/mol. The standard InChI is InChI=1S/C20H25Cl3N6O/c1-11-10-25-20(27-18(11)28(2)3)26-13-4-6-14(7-5-13)29(19(24)30)17-15(22)8-12(21)9-16(17)23/h8-10,13-14H,4-7H2,1-3H3,(H2,24,30)(H,25,26,27).